The van der Waals surface area contributed by atoms with Crippen LogP contribution in [0.5, 0.6) is 0 Å². The van der Waals surface area contributed by atoms with Crippen molar-refractivity contribution in [1.29, 1.82) is 0 Å². The van der Waals surface area contributed by atoms with E-state index in [1.807, 2.05) is 23.1 Å². The molecule has 1 amide bonds. The molecule has 27 heavy (non-hydrogen) atoms. The molecule has 0 spiro atoms. The lowest BCUT2D eigenvalue weighted by Crippen LogP contribution is -2.40. The average molecular weight is 388 g/mol. The average Bonchev–Trinajstić information content (AvgIpc) is 3.06. The standard InChI is InChI=1S/C21H29N3O2S/c1-13(2)20-23-16(5)19(27-20)15(4)22-18-12-17(7-6-14(18)3)21(25)24-8-10-26-11-9-24/h6-7,12-13,15,22H,8-11H2,1-5H3. The van der Waals surface area contributed by atoms with E-state index in [0.717, 1.165) is 22.5 Å². The highest BCUT2D eigenvalue weighted by molar-refractivity contribution is 7.12. The van der Waals surface area contributed by atoms with E-state index in [0.29, 0.717) is 32.2 Å². The molecule has 1 aromatic carbocycles. The molecule has 1 N–H and O–H groups in total. The number of carbonyl (C=O) groups is 1. The SMILES string of the molecule is Cc1ccc(C(=O)N2CCOCC2)cc1NC(C)c1sc(C(C)C)nc1C. The molecular weight excluding hydrogens is 358 g/mol. The maximum Gasteiger partial charge on any atom is 0.254 e. The fraction of sp³-hybridized carbons (Fsp3) is 0.524. The van der Waals surface area contributed by atoms with Crippen molar-refractivity contribution in [2.24, 2.45) is 0 Å². The number of anilines is 1. The summed E-state index contributed by atoms with van der Waals surface area (Å²) in [5, 5.41) is 4.76. The van der Waals surface area contributed by atoms with Gasteiger partial charge in [-0.3, -0.25) is 4.79 Å². The molecule has 0 bridgehead atoms. The van der Waals surface area contributed by atoms with Crippen LogP contribution < -0.4 is 5.32 Å². The quantitative estimate of drug-likeness (QED) is 0.819. The summed E-state index contributed by atoms with van der Waals surface area (Å²) in [5.74, 6) is 0.510. The van der Waals surface area contributed by atoms with E-state index >= 15 is 0 Å². The Morgan fingerprint density at radius 1 is 1.22 bits per heavy atom. The summed E-state index contributed by atoms with van der Waals surface area (Å²) in [6.07, 6.45) is 0. The van der Waals surface area contributed by atoms with Gasteiger partial charge in [0.15, 0.2) is 0 Å². The Balaban J connectivity index is 1.79. The molecule has 0 radical (unpaired) electrons. The summed E-state index contributed by atoms with van der Waals surface area (Å²) in [7, 11) is 0. The number of aromatic nitrogens is 1. The number of ether oxygens (including phenoxy) is 1. The summed E-state index contributed by atoms with van der Waals surface area (Å²) in [6, 6.07) is 6.05. The minimum atomic E-state index is 0.0741. The lowest BCUT2D eigenvalue weighted by molar-refractivity contribution is 0.0303. The molecule has 1 aliphatic rings. The third kappa shape index (κ3) is 4.50. The van der Waals surface area contributed by atoms with Gasteiger partial charge in [-0.1, -0.05) is 19.9 Å². The molecule has 146 valence electrons. The molecule has 6 heteroatoms. The van der Waals surface area contributed by atoms with Crippen LogP contribution in [0.15, 0.2) is 18.2 Å². The van der Waals surface area contributed by atoms with Gasteiger partial charge in [0.05, 0.1) is 30.0 Å². The van der Waals surface area contributed by atoms with Gasteiger partial charge in [0.2, 0.25) is 0 Å². The number of carbonyl (C=O) groups excluding carboxylic acids is 1. The number of hydrogen-bond acceptors (Lipinski definition) is 5. The van der Waals surface area contributed by atoms with Crippen LogP contribution in [0, 0.1) is 13.8 Å². The number of morpholine rings is 1. The molecule has 1 saturated heterocycles. The second-order valence-electron chi connectivity index (χ2n) is 7.46. The number of hydrogen-bond donors (Lipinski definition) is 1. The number of nitrogens with one attached hydrogen (secondary N) is 1. The predicted octanol–water partition coefficient (Wildman–Crippen LogP) is 4.53. The normalized spacial score (nSPS) is 15.9. The van der Waals surface area contributed by atoms with E-state index in [1.54, 1.807) is 11.3 Å². The maximum absolute atomic E-state index is 12.8. The highest BCUT2D eigenvalue weighted by Crippen LogP contribution is 2.32. The molecule has 0 saturated carbocycles. The first-order valence-corrected chi connectivity index (χ1v) is 10.4. The highest BCUT2D eigenvalue weighted by Gasteiger charge is 2.20. The zero-order chi connectivity index (χ0) is 19.6. The Bertz CT molecular complexity index is 810. The van der Waals surface area contributed by atoms with Crippen LogP contribution in [-0.2, 0) is 4.74 Å². The number of nitrogens with zero attached hydrogens (tertiary/aromatic N) is 2. The maximum atomic E-state index is 12.8. The third-order valence-electron chi connectivity index (χ3n) is 4.89. The number of amides is 1. The fourth-order valence-electron chi connectivity index (χ4n) is 3.24. The van der Waals surface area contributed by atoms with Gasteiger partial charge >= 0.3 is 0 Å². The molecule has 2 aromatic rings. The minimum absolute atomic E-state index is 0.0741. The van der Waals surface area contributed by atoms with Gasteiger partial charge in [-0.25, -0.2) is 4.98 Å². The van der Waals surface area contributed by atoms with Crippen molar-refractivity contribution in [3.8, 4) is 0 Å². The number of benzene rings is 1. The molecule has 2 heterocycles. The summed E-state index contributed by atoms with van der Waals surface area (Å²) in [4.78, 5) is 20.6. The van der Waals surface area contributed by atoms with Gasteiger partial charge in [0.25, 0.3) is 5.91 Å². The van der Waals surface area contributed by atoms with Crippen molar-refractivity contribution >= 4 is 22.9 Å². The smallest absolute Gasteiger partial charge is 0.254 e. The van der Waals surface area contributed by atoms with Crippen molar-refractivity contribution in [1.82, 2.24) is 9.88 Å². The van der Waals surface area contributed by atoms with Crippen LogP contribution in [0.2, 0.25) is 0 Å². The lowest BCUT2D eigenvalue weighted by atomic mass is 10.1. The first kappa shape index (κ1) is 19.8. The Kier molecular flexibility index (Phi) is 6.17. The molecule has 3 rings (SSSR count). The van der Waals surface area contributed by atoms with E-state index < -0.39 is 0 Å². The van der Waals surface area contributed by atoms with Crippen LogP contribution in [0.1, 0.15) is 64.2 Å². The van der Waals surface area contributed by atoms with Gasteiger partial charge in [0.1, 0.15) is 0 Å². The van der Waals surface area contributed by atoms with Crippen molar-refractivity contribution < 1.29 is 9.53 Å². The van der Waals surface area contributed by atoms with Crippen LogP contribution >= 0.6 is 11.3 Å². The molecule has 1 aromatic heterocycles. The number of rotatable bonds is 5. The van der Waals surface area contributed by atoms with E-state index in [9.17, 15) is 4.79 Å². The van der Waals surface area contributed by atoms with Gasteiger partial charge in [-0.2, -0.15) is 0 Å². The first-order chi connectivity index (χ1) is 12.9. The topological polar surface area (TPSA) is 54.5 Å². The van der Waals surface area contributed by atoms with Crippen LogP contribution in [-0.4, -0.2) is 42.1 Å². The van der Waals surface area contributed by atoms with Crippen LogP contribution in [0.25, 0.3) is 0 Å². The summed E-state index contributed by atoms with van der Waals surface area (Å²) >= 11 is 1.77. The molecule has 1 fully saturated rings. The Labute approximate surface area is 165 Å². The summed E-state index contributed by atoms with van der Waals surface area (Å²) < 4.78 is 5.35. The van der Waals surface area contributed by atoms with E-state index in [-0.39, 0.29) is 11.9 Å². The summed E-state index contributed by atoms with van der Waals surface area (Å²) in [5.41, 5.74) is 3.94. The second-order valence-corrected chi connectivity index (χ2v) is 8.52. The monoisotopic (exact) mass is 387 g/mol. The molecule has 0 aliphatic carbocycles. The van der Waals surface area contributed by atoms with Crippen molar-refractivity contribution in [3.05, 3.63) is 44.9 Å². The first-order valence-electron chi connectivity index (χ1n) is 9.58. The third-order valence-corrected chi connectivity index (χ3v) is 6.53. The summed E-state index contributed by atoms with van der Waals surface area (Å²) in [6.45, 7) is 13.2. The number of thiazole rings is 1. The van der Waals surface area contributed by atoms with Crippen molar-refractivity contribution in [2.45, 2.75) is 46.6 Å². The number of aryl methyl sites for hydroxylation is 2. The Morgan fingerprint density at radius 3 is 2.56 bits per heavy atom. The largest absolute Gasteiger partial charge is 0.378 e. The van der Waals surface area contributed by atoms with E-state index in [1.165, 1.54) is 9.88 Å². The molecular formula is C21H29N3O2S. The van der Waals surface area contributed by atoms with E-state index in [2.05, 4.69) is 39.9 Å². The minimum Gasteiger partial charge on any atom is -0.378 e. The van der Waals surface area contributed by atoms with Gasteiger partial charge < -0.3 is 15.0 Å². The van der Waals surface area contributed by atoms with E-state index in [4.69, 9.17) is 9.72 Å². The molecule has 5 nitrogen and oxygen atoms in total. The molecule has 1 atom stereocenters. The fourth-order valence-corrected chi connectivity index (χ4v) is 4.31. The van der Waals surface area contributed by atoms with Gasteiger partial charge in [0, 0.05) is 35.1 Å². The van der Waals surface area contributed by atoms with Crippen molar-refractivity contribution in [3.63, 3.8) is 0 Å². The molecule has 1 unspecified atom stereocenters. The zero-order valence-corrected chi connectivity index (χ0v) is 17.7. The van der Waals surface area contributed by atoms with Crippen molar-refractivity contribution in [2.75, 3.05) is 31.6 Å². The highest BCUT2D eigenvalue weighted by atomic mass is 32.1. The molecule has 1 aliphatic heterocycles. The van der Waals surface area contributed by atoms with Gasteiger partial charge in [-0.15, -0.1) is 11.3 Å². The second kappa shape index (κ2) is 8.40. The van der Waals surface area contributed by atoms with Gasteiger partial charge in [-0.05, 0) is 38.5 Å². The van der Waals surface area contributed by atoms with Crippen LogP contribution in [0.4, 0.5) is 5.69 Å². The lowest BCUT2D eigenvalue weighted by Gasteiger charge is -2.27. The Hall–Kier alpha value is -1.92. The zero-order valence-electron chi connectivity index (χ0n) is 16.8. The predicted molar refractivity (Wildman–Crippen MR) is 111 cm³/mol. The Morgan fingerprint density at radius 2 is 1.93 bits per heavy atom. The van der Waals surface area contributed by atoms with Crippen LogP contribution in [0.3, 0.4) is 0 Å².